The van der Waals surface area contributed by atoms with Crippen LogP contribution in [0.1, 0.15) is 46.4 Å². The summed E-state index contributed by atoms with van der Waals surface area (Å²) in [5.41, 5.74) is 1.57. The van der Waals surface area contributed by atoms with Crippen LogP contribution < -0.4 is 5.32 Å². The normalized spacial score (nSPS) is 22.4. The monoisotopic (exact) mass is 385 g/mol. The molecule has 1 N–H and O–H groups in total. The smallest absolute Gasteiger partial charge is 0.325 e. The maximum Gasteiger partial charge on any atom is 0.325 e. The van der Waals surface area contributed by atoms with Crippen molar-refractivity contribution in [1.29, 1.82) is 0 Å². The SMILES string of the molecule is Cc1cc(C(=O)CN2C(=O)NC(C)(C3CC3)C2=O)c(C)n1Cc1cccs1. The van der Waals surface area contributed by atoms with Gasteiger partial charge in [0, 0.05) is 21.8 Å². The Balaban J connectivity index is 1.53. The van der Waals surface area contributed by atoms with E-state index < -0.39 is 11.6 Å². The van der Waals surface area contributed by atoms with E-state index in [2.05, 4.69) is 16.0 Å². The minimum atomic E-state index is -0.854. The lowest BCUT2D eigenvalue weighted by atomic mass is 9.96. The summed E-state index contributed by atoms with van der Waals surface area (Å²) in [5, 5.41) is 4.82. The van der Waals surface area contributed by atoms with E-state index in [1.54, 1.807) is 18.3 Å². The molecule has 1 atom stereocenters. The van der Waals surface area contributed by atoms with Crippen molar-refractivity contribution in [2.75, 3.05) is 6.54 Å². The molecule has 1 aliphatic heterocycles. The zero-order valence-corrected chi connectivity index (χ0v) is 16.6. The van der Waals surface area contributed by atoms with Crippen molar-refractivity contribution in [2.24, 2.45) is 5.92 Å². The fourth-order valence-corrected chi connectivity index (χ4v) is 4.60. The Labute approximate surface area is 162 Å². The van der Waals surface area contributed by atoms with Crippen LogP contribution in [-0.2, 0) is 11.3 Å². The molecule has 0 spiro atoms. The summed E-state index contributed by atoms with van der Waals surface area (Å²) in [5.74, 6) is -0.301. The second-order valence-corrected chi connectivity index (χ2v) is 8.70. The number of carbonyl (C=O) groups is 3. The van der Waals surface area contributed by atoms with E-state index in [1.165, 1.54) is 4.88 Å². The Kier molecular flexibility index (Phi) is 4.22. The predicted molar refractivity (Wildman–Crippen MR) is 103 cm³/mol. The van der Waals surface area contributed by atoms with Crippen LogP contribution in [0.4, 0.5) is 4.79 Å². The highest BCUT2D eigenvalue weighted by molar-refractivity contribution is 7.09. The molecule has 1 saturated heterocycles. The quantitative estimate of drug-likeness (QED) is 0.613. The van der Waals surface area contributed by atoms with E-state index in [0.29, 0.717) is 12.1 Å². The van der Waals surface area contributed by atoms with E-state index in [4.69, 9.17) is 0 Å². The largest absolute Gasteiger partial charge is 0.343 e. The van der Waals surface area contributed by atoms with Gasteiger partial charge in [0.05, 0.1) is 13.1 Å². The van der Waals surface area contributed by atoms with Gasteiger partial charge in [0.2, 0.25) is 0 Å². The highest BCUT2D eigenvalue weighted by Crippen LogP contribution is 2.42. The van der Waals surface area contributed by atoms with Gasteiger partial charge in [0.1, 0.15) is 5.54 Å². The van der Waals surface area contributed by atoms with Gasteiger partial charge >= 0.3 is 6.03 Å². The molecule has 2 aromatic heterocycles. The van der Waals surface area contributed by atoms with Crippen molar-refractivity contribution >= 4 is 29.1 Å². The fraction of sp³-hybridized carbons (Fsp3) is 0.450. The van der Waals surface area contributed by atoms with Crippen molar-refractivity contribution in [2.45, 2.75) is 45.7 Å². The summed E-state index contributed by atoms with van der Waals surface area (Å²) in [6, 6.07) is 5.46. The van der Waals surface area contributed by atoms with E-state index in [0.717, 1.165) is 29.1 Å². The number of amides is 3. The molecule has 6 nitrogen and oxygen atoms in total. The van der Waals surface area contributed by atoms with Crippen molar-refractivity contribution in [3.8, 4) is 0 Å². The average Bonchev–Trinajstić information content (AvgIpc) is 3.24. The lowest BCUT2D eigenvalue weighted by Crippen LogP contribution is -2.46. The molecule has 0 bridgehead atoms. The van der Waals surface area contributed by atoms with Gasteiger partial charge in [-0.05, 0) is 57.0 Å². The standard InChI is InChI=1S/C20H23N3O3S/c1-12-9-16(13(2)22(12)10-15-5-4-8-27-15)17(24)11-23-18(25)20(3,14-6-7-14)21-19(23)26/h4-5,8-9,14H,6-7,10-11H2,1-3H3,(H,21,26). The summed E-state index contributed by atoms with van der Waals surface area (Å²) in [6.07, 6.45) is 1.88. The van der Waals surface area contributed by atoms with E-state index in [1.807, 2.05) is 31.4 Å². The molecule has 0 aromatic carbocycles. The molecular formula is C20H23N3O3S. The Hall–Kier alpha value is -2.41. The number of ketones is 1. The number of nitrogens with zero attached hydrogens (tertiary/aromatic N) is 2. The molecule has 3 heterocycles. The van der Waals surface area contributed by atoms with Gasteiger partial charge in [-0.1, -0.05) is 6.07 Å². The predicted octanol–water partition coefficient (Wildman–Crippen LogP) is 3.12. The topological polar surface area (TPSA) is 71.4 Å². The number of hydrogen-bond acceptors (Lipinski definition) is 4. The number of rotatable bonds is 6. The Bertz CT molecular complexity index is 927. The van der Waals surface area contributed by atoms with Crippen LogP contribution in [-0.4, -0.2) is 39.3 Å². The Morgan fingerprint density at radius 2 is 2.07 bits per heavy atom. The number of hydrogen-bond donors (Lipinski definition) is 1. The molecule has 2 aromatic rings. The van der Waals surface area contributed by atoms with Gasteiger partial charge in [0.15, 0.2) is 5.78 Å². The van der Waals surface area contributed by atoms with Crippen molar-refractivity contribution in [1.82, 2.24) is 14.8 Å². The number of carbonyl (C=O) groups excluding carboxylic acids is 3. The van der Waals surface area contributed by atoms with Gasteiger partial charge in [0.25, 0.3) is 5.91 Å². The van der Waals surface area contributed by atoms with Crippen LogP contribution in [0.25, 0.3) is 0 Å². The van der Waals surface area contributed by atoms with Crippen LogP contribution in [0.2, 0.25) is 0 Å². The first-order valence-electron chi connectivity index (χ1n) is 9.17. The summed E-state index contributed by atoms with van der Waals surface area (Å²) in [7, 11) is 0. The first kappa shape index (κ1) is 18.0. The molecule has 2 aliphatic rings. The number of aryl methyl sites for hydroxylation is 1. The van der Waals surface area contributed by atoms with Gasteiger partial charge in [-0.15, -0.1) is 11.3 Å². The second-order valence-electron chi connectivity index (χ2n) is 7.67. The van der Waals surface area contributed by atoms with E-state index >= 15 is 0 Å². The number of Topliss-reactive ketones (excluding diaryl/α,β-unsaturated/α-hetero) is 1. The fourth-order valence-electron chi connectivity index (χ4n) is 3.91. The number of imide groups is 1. The molecule has 0 radical (unpaired) electrons. The van der Waals surface area contributed by atoms with Crippen LogP contribution in [0.3, 0.4) is 0 Å². The zero-order chi connectivity index (χ0) is 19.3. The van der Waals surface area contributed by atoms with Crippen LogP contribution in [0, 0.1) is 19.8 Å². The summed E-state index contributed by atoms with van der Waals surface area (Å²) in [6.45, 7) is 6.15. The summed E-state index contributed by atoms with van der Waals surface area (Å²) >= 11 is 1.68. The minimum absolute atomic E-state index is 0.185. The van der Waals surface area contributed by atoms with Gasteiger partial charge < -0.3 is 9.88 Å². The lowest BCUT2D eigenvalue weighted by molar-refractivity contribution is -0.131. The Morgan fingerprint density at radius 1 is 1.33 bits per heavy atom. The van der Waals surface area contributed by atoms with E-state index in [-0.39, 0.29) is 24.2 Å². The molecule has 27 heavy (non-hydrogen) atoms. The zero-order valence-electron chi connectivity index (χ0n) is 15.7. The van der Waals surface area contributed by atoms with Crippen molar-refractivity contribution < 1.29 is 14.4 Å². The molecule has 1 aliphatic carbocycles. The molecule has 3 amide bonds. The molecule has 142 valence electrons. The van der Waals surface area contributed by atoms with Crippen molar-refractivity contribution in [3.63, 3.8) is 0 Å². The molecule has 2 fully saturated rings. The third kappa shape index (κ3) is 3.00. The van der Waals surface area contributed by atoms with Crippen LogP contribution in [0.5, 0.6) is 0 Å². The maximum absolute atomic E-state index is 12.9. The third-order valence-electron chi connectivity index (χ3n) is 5.76. The average molecular weight is 385 g/mol. The number of urea groups is 1. The van der Waals surface area contributed by atoms with Crippen LogP contribution >= 0.6 is 11.3 Å². The Morgan fingerprint density at radius 3 is 2.70 bits per heavy atom. The first-order valence-corrected chi connectivity index (χ1v) is 10.1. The van der Waals surface area contributed by atoms with E-state index in [9.17, 15) is 14.4 Å². The molecule has 1 saturated carbocycles. The summed E-state index contributed by atoms with van der Waals surface area (Å²) in [4.78, 5) is 40.2. The molecule has 4 rings (SSSR count). The number of thiophene rings is 1. The highest BCUT2D eigenvalue weighted by Gasteiger charge is 2.56. The van der Waals surface area contributed by atoms with Gasteiger partial charge in [-0.25, -0.2) is 4.79 Å². The van der Waals surface area contributed by atoms with Crippen LogP contribution in [0.15, 0.2) is 23.6 Å². The third-order valence-corrected chi connectivity index (χ3v) is 6.63. The van der Waals surface area contributed by atoms with Gasteiger partial charge in [-0.2, -0.15) is 0 Å². The molecule has 7 heteroatoms. The van der Waals surface area contributed by atoms with Crippen molar-refractivity contribution in [3.05, 3.63) is 45.4 Å². The lowest BCUT2D eigenvalue weighted by Gasteiger charge is -2.20. The number of aromatic nitrogens is 1. The maximum atomic E-state index is 12.9. The first-order chi connectivity index (χ1) is 12.8. The molecular weight excluding hydrogens is 362 g/mol. The summed E-state index contributed by atoms with van der Waals surface area (Å²) < 4.78 is 2.10. The minimum Gasteiger partial charge on any atom is -0.343 e. The molecule has 1 unspecified atom stereocenters. The highest BCUT2D eigenvalue weighted by atomic mass is 32.1. The number of nitrogens with one attached hydrogen (secondary N) is 1. The van der Waals surface area contributed by atoms with Gasteiger partial charge in [-0.3, -0.25) is 14.5 Å². The second kappa shape index (κ2) is 6.34.